The van der Waals surface area contributed by atoms with Crippen LogP contribution in [0.25, 0.3) is 16.9 Å². The Bertz CT molecular complexity index is 1750. The number of hydrogen-bond donors (Lipinski definition) is 0. The van der Waals surface area contributed by atoms with E-state index in [0.717, 1.165) is 0 Å². The number of benzene rings is 3. The van der Waals surface area contributed by atoms with Crippen molar-refractivity contribution in [3.8, 4) is 22.8 Å². The summed E-state index contributed by atoms with van der Waals surface area (Å²) in [5.74, 6) is -11.9. The number of ether oxygens (including phenoxy) is 1. The van der Waals surface area contributed by atoms with Gasteiger partial charge in [0.05, 0.1) is 26.2 Å². The molecule has 0 radical (unpaired) electrons. The van der Waals surface area contributed by atoms with Crippen LogP contribution in [0.1, 0.15) is 21.8 Å². The average Bonchev–Trinajstić information content (AvgIpc) is 3.48. The normalized spacial score (nSPS) is 11.2. The summed E-state index contributed by atoms with van der Waals surface area (Å²) in [6.45, 7) is 2.89. The summed E-state index contributed by atoms with van der Waals surface area (Å²) in [6.07, 6.45) is 0. The van der Waals surface area contributed by atoms with Crippen LogP contribution < -0.4 is 4.74 Å². The van der Waals surface area contributed by atoms with Crippen molar-refractivity contribution in [2.24, 2.45) is 0 Å². The maximum absolute atomic E-state index is 14.6. The first-order valence-corrected chi connectivity index (χ1v) is 12.6. The standard InChI is InChI=1S/C27H15ClF5N3O3S/c1-12-24(40-25-21(32)19(30)18(29)20(31)22(25)33)26(36(34-12)14-8-4-3-5-9-14)38-27(37)17-13(2)39-35-23(17)15-10-6-7-11-16(15)28/h3-11H,1-2H3. The van der Waals surface area contributed by atoms with E-state index in [9.17, 15) is 26.7 Å². The van der Waals surface area contributed by atoms with E-state index in [1.54, 1.807) is 54.6 Å². The van der Waals surface area contributed by atoms with E-state index < -0.39 is 40.0 Å². The van der Waals surface area contributed by atoms with E-state index >= 15 is 0 Å². The lowest BCUT2D eigenvalue weighted by Gasteiger charge is -2.12. The fourth-order valence-corrected chi connectivity index (χ4v) is 5.00. The molecule has 0 unspecified atom stereocenters. The number of halogens is 6. The van der Waals surface area contributed by atoms with E-state index in [4.69, 9.17) is 20.9 Å². The minimum atomic E-state index is -2.29. The molecule has 5 aromatic rings. The van der Waals surface area contributed by atoms with E-state index in [1.807, 2.05) is 0 Å². The van der Waals surface area contributed by atoms with Crippen LogP contribution >= 0.6 is 23.4 Å². The van der Waals surface area contributed by atoms with Crippen LogP contribution in [-0.2, 0) is 0 Å². The van der Waals surface area contributed by atoms with Crippen molar-refractivity contribution >= 4 is 29.3 Å². The number of carbonyl (C=O) groups excluding carboxylic acids is 1. The van der Waals surface area contributed by atoms with E-state index in [2.05, 4.69) is 10.3 Å². The van der Waals surface area contributed by atoms with Gasteiger partial charge in [-0.2, -0.15) is 9.78 Å². The Hall–Kier alpha value is -4.16. The van der Waals surface area contributed by atoms with Gasteiger partial charge in [0, 0.05) is 5.56 Å². The largest absolute Gasteiger partial charge is 0.402 e. The molecule has 0 saturated heterocycles. The van der Waals surface area contributed by atoms with Crippen LogP contribution in [0.3, 0.4) is 0 Å². The van der Waals surface area contributed by atoms with Gasteiger partial charge in [-0.1, -0.05) is 64.9 Å². The Morgan fingerprint density at radius 3 is 2.12 bits per heavy atom. The zero-order valence-electron chi connectivity index (χ0n) is 20.4. The highest BCUT2D eigenvalue weighted by Crippen LogP contribution is 2.43. The molecule has 0 amide bonds. The SMILES string of the molecule is Cc1nn(-c2ccccc2)c(OC(=O)c2c(-c3ccccc3Cl)noc2C)c1Sc1c(F)c(F)c(F)c(F)c1F. The Morgan fingerprint density at radius 1 is 0.875 bits per heavy atom. The first kappa shape index (κ1) is 27.4. The number of hydrogen-bond acceptors (Lipinski definition) is 6. The molecule has 0 bridgehead atoms. The minimum absolute atomic E-state index is 0.0737. The quantitative estimate of drug-likeness (QED) is 0.0866. The fraction of sp³-hybridized carbons (Fsp3) is 0.0741. The van der Waals surface area contributed by atoms with Crippen molar-refractivity contribution in [2.75, 3.05) is 0 Å². The summed E-state index contributed by atoms with van der Waals surface area (Å²) >= 11 is 6.46. The summed E-state index contributed by atoms with van der Waals surface area (Å²) in [6, 6.07) is 14.8. The fourth-order valence-electron chi connectivity index (χ4n) is 3.81. The number of aryl methyl sites for hydroxylation is 2. The topological polar surface area (TPSA) is 70.2 Å². The summed E-state index contributed by atoms with van der Waals surface area (Å²) in [5.41, 5.74) is 0.806. The summed E-state index contributed by atoms with van der Waals surface area (Å²) < 4.78 is 82.8. The van der Waals surface area contributed by atoms with E-state index in [-0.39, 0.29) is 50.3 Å². The van der Waals surface area contributed by atoms with Crippen molar-refractivity contribution in [1.29, 1.82) is 0 Å². The predicted molar refractivity (Wildman–Crippen MR) is 135 cm³/mol. The van der Waals surface area contributed by atoms with E-state index in [1.165, 1.54) is 18.5 Å². The second kappa shape index (κ2) is 10.8. The highest BCUT2D eigenvalue weighted by atomic mass is 35.5. The van der Waals surface area contributed by atoms with Crippen molar-refractivity contribution in [1.82, 2.24) is 14.9 Å². The molecule has 0 fully saturated rings. The van der Waals surface area contributed by atoms with E-state index in [0.29, 0.717) is 11.3 Å². The molecule has 0 aliphatic carbocycles. The van der Waals surface area contributed by atoms with Gasteiger partial charge >= 0.3 is 5.97 Å². The maximum Gasteiger partial charge on any atom is 0.350 e. The molecule has 0 aliphatic rings. The second-order valence-corrected chi connectivity index (χ2v) is 9.73. The molecule has 3 aromatic carbocycles. The van der Waals surface area contributed by atoms with Gasteiger partial charge in [-0.15, -0.1) is 0 Å². The molecule has 2 heterocycles. The van der Waals surface area contributed by atoms with Crippen LogP contribution in [0.15, 0.2) is 68.9 Å². The predicted octanol–water partition coefficient (Wildman–Crippen LogP) is 7.86. The molecule has 0 aliphatic heterocycles. The van der Waals surface area contributed by atoms with Crippen molar-refractivity contribution in [2.45, 2.75) is 23.6 Å². The third kappa shape index (κ3) is 4.73. The third-order valence-electron chi connectivity index (χ3n) is 5.72. The summed E-state index contributed by atoms with van der Waals surface area (Å²) in [4.78, 5) is 12.2. The Morgan fingerprint density at radius 2 is 1.48 bits per heavy atom. The smallest absolute Gasteiger partial charge is 0.350 e. The number of esters is 1. The molecule has 40 heavy (non-hydrogen) atoms. The monoisotopic (exact) mass is 591 g/mol. The van der Waals surface area contributed by atoms with Gasteiger partial charge in [-0.05, 0) is 32.0 Å². The van der Waals surface area contributed by atoms with Crippen LogP contribution in [0, 0.1) is 42.9 Å². The molecule has 0 saturated carbocycles. The molecule has 13 heteroatoms. The van der Waals surface area contributed by atoms with Crippen molar-refractivity contribution in [3.05, 3.63) is 106 Å². The van der Waals surface area contributed by atoms with Gasteiger partial charge in [-0.3, -0.25) is 0 Å². The Balaban J connectivity index is 1.65. The summed E-state index contributed by atoms with van der Waals surface area (Å²) in [5, 5.41) is 8.51. The zero-order valence-corrected chi connectivity index (χ0v) is 22.0. The summed E-state index contributed by atoms with van der Waals surface area (Å²) in [7, 11) is 0. The number of aromatic nitrogens is 3. The number of para-hydroxylation sites is 1. The molecule has 0 atom stereocenters. The average molecular weight is 592 g/mol. The minimum Gasteiger partial charge on any atom is -0.402 e. The first-order valence-electron chi connectivity index (χ1n) is 11.4. The van der Waals surface area contributed by atoms with Crippen molar-refractivity contribution < 1.29 is 36.0 Å². The lowest BCUT2D eigenvalue weighted by Crippen LogP contribution is -2.14. The molecule has 6 nitrogen and oxygen atoms in total. The highest BCUT2D eigenvalue weighted by molar-refractivity contribution is 7.99. The highest BCUT2D eigenvalue weighted by Gasteiger charge is 2.32. The first-order chi connectivity index (χ1) is 19.1. The lowest BCUT2D eigenvalue weighted by atomic mass is 10.1. The van der Waals surface area contributed by atoms with Gasteiger partial charge < -0.3 is 9.26 Å². The molecule has 204 valence electrons. The van der Waals surface area contributed by atoms with Crippen LogP contribution in [-0.4, -0.2) is 20.9 Å². The molecular formula is C27H15ClF5N3O3S. The van der Waals surface area contributed by atoms with Gasteiger partial charge in [0.2, 0.25) is 11.7 Å². The van der Waals surface area contributed by atoms with Crippen molar-refractivity contribution in [3.63, 3.8) is 0 Å². The Labute approximate surface area is 232 Å². The third-order valence-corrected chi connectivity index (χ3v) is 7.29. The molecule has 5 rings (SSSR count). The Kier molecular flexibility index (Phi) is 7.39. The lowest BCUT2D eigenvalue weighted by molar-refractivity contribution is 0.0717. The van der Waals surface area contributed by atoms with Gasteiger partial charge in [0.25, 0.3) is 0 Å². The molecule has 0 spiro atoms. The van der Waals surface area contributed by atoms with Gasteiger partial charge in [0.1, 0.15) is 17.0 Å². The van der Waals surface area contributed by atoms with Crippen LogP contribution in [0.4, 0.5) is 22.0 Å². The zero-order chi connectivity index (χ0) is 28.7. The number of rotatable bonds is 6. The van der Waals surface area contributed by atoms with Gasteiger partial charge in [-0.25, -0.2) is 26.7 Å². The second-order valence-electron chi connectivity index (χ2n) is 8.30. The molecule has 0 N–H and O–H groups in total. The number of nitrogens with zero attached hydrogens (tertiary/aromatic N) is 3. The van der Waals surface area contributed by atoms with Gasteiger partial charge in [0.15, 0.2) is 23.3 Å². The van der Waals surface area contributed by atoms with Crippen LogP contribution in [0.2, 0.25) is 5.02 Å². The maximum atomic E-state index is 14.6. The molecular weight excluding hydrogens is 577 g/mol. The number of carbonyl (C=O) groups is 1. The van der Waals surface area contributed by atoms with Crippen LogP contribution in [0.5, 0.6) is 5.88 Å². The molecule has 2 aromatic heterocycles.